The minimum atomic E-state index is -0.281. The van der Waals surface area contributed by atoms with Crippen LogP contribution in [0.2, 0.25) is 0 Å². The first-order valence-corrected chi connectivity index (χ1v) is 18.1. The highest BCUT2D eigenvalue weighted by Gasteiger charge is 2.21. The van der Waals surface area contributed by atoms with Gasteiger partial charge in [0.2, 0.25) is 0 Å². The highest BCUT2D eigenvalue weighted by atomic mass is 16.5. The quantitative estimate of drug-likeness (QED) is 0.146. The molecule has 2 aliphatic heterocycles. The van der Waals surface area contributed by atoms with Crippen LogP contribution in [0.4, 0.5) is 11.4 Å². The summed E-state index contributed by atoms with van der Waals surface area (Å²) < 4.78 is 10.9. The summed E-state index contributed by atoms with van der Waals surface area (Å²) >= 11 is 0. The fourth-order valence-electron chi connectivity index (χ4n) is 6.84. The third-order valence-corrected chi connectivity index (χ3v) is 10.1. The Bertz CT molecular complexity index is 1850. The van der Waals surface area contributed by atoms with Crippen LogP contribution in [0.3, 0.4) is 0 Å². The molecule has 2 aliphatic rings. The molecular formula is C41H52N6O6. The lowest BCUT2D eigenvalue weighted by Crippen LogP contribution is -2.35. The number of aliphatic hydroxyl groups is 2. The van der Waals surface area contributed by atoms with Gasteiger partial charge in [0.1, 0.15) is 22.9 Å². The number of anilines is 2. The van der Waals surface area contributed by atoms with Gasteiger partial charge in [0.05, 0.1) is 26.4 Å². The SMILES string of the molecule is CNc1cccc(-c2cccc(NC(=O)c3cc(OC)c(CN4CCC(O)CC4)cn3)c2C)c1C.COc1cc(C=O)ncc1CN1CCC(O)CC1. The minimum Gasteiger partial charge on any atom is -0.496 e. The standard InChI is InChI=1S/C28H34N4O3.C13H18N2O3/c1-18-22(7-5-9-24(18)29-3)23-8-6-10-25(19(23)2)31-28(34)26-15-27(35-4)20(16-30-26)17-32-13-11-21(33)12-14-32;1-18-13-6-11(9-16)14-7-10(13)8-15-4-2-12(17)3-5-15/h5-10,15-16,21,29,33H,11-14,17H2,1-4H3,(H,31,34);6-7,9,12,17H,2-5,8H2,1H3. The molecule has 0 unspecified atom stereocenters. The number of hydrogen-bond acceptors (Lipinski definition) is 11. The van der Waals surface area contributed by atoms with E-state index in [1.54, 1.807) is 38.7 Å². The molecule has 6 rings (SSSR count). The van der Waals surface area contributed by atoms with E-state index in [4.69, 9.17) is 9.47 Å². The van der Waals surface area contributed by atoms with E-state index in [1.165, 1.54) is 0 Å². The van der Waals surface area contributed by atoms with Gasteiger partial charge >= 0.3 is 0 Å². The van der Waals surface area contributed by atoms with Crippen LogP contribution in [-0.4, -0.2) is 102 Å². The number of benzene rings is 2. The van der Waals surface area contributed by atoms with Gasteiger partial charge in [0.15, 0.2) is 6.29 Å². The van der Waals surface area contributed by atoms with E-state index in [0.29, 0.717) is 35.7 Å². The van der Waals surface area contributed by atoms with E-state index in [-0.39, 0.29) is 18.1 Å². The Kier molecular flexibility index (Phi) is 13.9. The molecule has 2 aromatic heterocycles. The highest BCUT2D eigenvalue weighted by molar-refractivity contribution is 6.04. The number of amides is 1. The zero-order valence-corrected chi connectivity index (χ0v) is 31.4. The average Bonchev–Trinajstić information content (AvgIpc) is 3.18. The lowest BCUT2D eigenvalue weighted by atomic mass is 9.94. The van der Waals surface area contributed by atoms with E-state index in [9.17, 15) is 19.8 Å². The Hall–Kier alpha value is -4.88. The predicted octanol–water partition coefficient (Wildman–Crippen LogP) is 5.48. The third-order valence-electron chi connectivity index (χ3n) is 10.1. The maximum atomic E-state index is 13.1. The van der Waals surface area contributed by atoms with E-state index in [1.807, 2.05) is 32.2 Å². The van der Waals surface area contributed by atoms with Crippen molar-refractivity contribution in [3.05, 3.63) is 94.6 Å². The zero-order valence-electron chi connectivity index (χ0n) is 31.4. The number of aldehydes is 1. The number of piperidine rings is 2. The maximum Gasteiger partial charge on any atom is 0.274 e. The summed E-state index contributed by atoms with van der Waals surface area (Å²) in [5, 5.41) is 25.5. The van der Waals surface area contributed by atoms with Gasteiger partial charge in [-0.15, -0.1) is 0 Å². The molecule has 0 saturated carbocycles. The molecule has 282 valence electrons. The van der Waals surface area contributed by atoms with Crippen LogP contribution in [-0.2, 0) is 13.1 Å². The van der Waals surface area contributed by atoms with Gasteiger partial charge in [-0.1, -0.05) is 24.3 Å². The van der Waals surface area contributed by atoms with Crippen molar-refractivity contribution in [2.45, 2.75) is 64.8 Å². The van der Waals surface area contributed by atoms with Crippen molar-refractivity contribution in [1.82, 2.24) is 19.8 Å². The molecule has 0 bridgehead atoms. The van der Waals surface area contributed by atoms with Crippen LogP contribution in [0, 0.1) is 13.8 Å². The van der Waals surface area contributed by atoms with Gasteiger partial charge in [0.25, 0.3) is 5.91 Å². The van der Waals surface area contributed by atoms with Gasteiger partial charge in [0, 0.05) is 93.3 Å². The number of hydrogen-bond donors (Lipinski definition) is 4. The topological polar surface area (TPSA) is 149 Å². The monoisotopic (exact) mass is 724 g/mol. The van der Waals surface area contributed by atoms with Gasteiger partial charge in [-0.2, -0.15) is 0 Å². The molecule has 2 saturated heterocycles. The van der Waals surface area contributed by atoms with Crippen LogP contribution < -0.4 is 20.1 Å². The predicted molar refractivity (Wildman–Crippen MR) is 207 cm³/mol. The second-order valence-electron chi connectivity index (χ2n) is 13.6. The first-order valence-electron chi connectivity index (χ1n) is 18.1. The zero-order chi connectivity index (χ0) is 37.9. The van der Waals surface area contributed by atoms with Crippen molar-refractivity contribution >= 4 is 23.6 Å². The van der Waals surface area contributed by atoms with E-state index >= 15 is 0 Å². The number of pyridine rings is 2. The van der Waals surface area contributed by atoms with Crippen LogP contribution >= 0.6 is 0 Å². The highest BCUT2D eigenvalue weighted by Crippen LogP contribution is 2.34. The van der Waals surface area contributed by atoms with Gasteiger partial charge < -0.3 is 30.3 Å². The Morgan fingerprint density at radius 2 is 1.28 bits per heavy atom. The first kappa shape index (κ1) is 39.3. The molecule has 0 atom stereocenters. The second kappa shape index (κ2) is 18.7. The molecule has 12 nitrogen and oxygen atoms in total. The number of methoxy groups -OCH3 is 2. The number of aliphatic hydroxyl groups excluding tert-OH is 2. The Labute approximate surface area is 312 Å². The summed E-state index contributed by atoms with van der Waals surface area (Å²) in [5.74, 6) is 1.05. The third kappa shape index (κ3) is 10.2. The molecule has 4 heterocycles. The summed E-state index contributed by atoms with van der Waals surface area (Å²) in [6, 6.07) is 15.5. The summed E-state index contributed by atoms with van der Waals surface area (Å²) in [7, 11) is 5.11. The van der Waals surface area contributed by atoms with Crippen LogP contribution in [0.5, 0.6) is 11.5 Å². The van der Waals surface area contributed by atoms with Crippen LogP contribution in [0.1, 0.15) is 68.9 Å². The Balaban J connectivity index is 0.000000252. The molecule has 0 aliphatic carbocycles. The molecule has 2 fully saturated rings. The Morgan fingerprint density at radius 3 is 1.79 bits per heavy atom. The fraction of sp³-hybridized carbons (Fsp3) is 0.415. The van der Waals surface area contributed by atoms with Crippen LogP contribution in [0.25, 0.3) is 11.1 Å². The number of likely N-dealkylation sites (tertiary alicyclic amines) is 2. The number of ether oxygens (including phenoxy) is 2. The molecule has 2 aromatic carbocycles. The minimum absolute atomic E-state index is 0.168. The average molecular weight is 725 g/mol. The maximum absolute atomic E-state index is 13.1. The smallest absolute Gasteiger partial charge is 0.274 e. The number of nitrogens with zero attached hydrogens (tertiary/aromatic N) is 4. The van der Waals surface area contributed by atoms with Gasteiger partial charge in [-0.05, 0) is 73.9 Å². The molecule has 4 N–H and O–H groups in total. The van der Waals surface area contributed by atoms with Gasteiger partial charge in [-0.25, -0.2) is 0 Å². The molecule has 0 radical (unpaired) electrons. The number of nitrogens with one attached hydrogen (secondary N) is 2. The lowest BCUT2D eigenvalue weighted by molar-refractivity contribution is 0.0786. The summed E-state index contributed by atoms with van der Waals surface area (Å²) in [4.78, 5) is 36.8. The van der Waals surface area contributed by atoms with Crippen molar-refractivity contribution in [3.63, 3.8) is 0 Å². The largest absolute Gasteiger partial charge is 0.496 e. The summed E-state index contributed by atoms with van der Waals surface area (Å²) in [5.41, 5.74) is 8.76. The fourth-order valence-corrected chi connectivity index (χ4v) is 6.84. The first-order chi connectivity index (χ1) is 25.6. The molecule has 1 amide bonds. The normalized spacial score (nSPS) is 15.6. The molecular weight excluding hydrogens is 672 g/mol. The van der Waals surface area contributed by atoms with Crippen molar-refractivity contribution in [3.8, 4) is 22.6 Å². The molecule has 12 heteroatoms. The number of carbonyl (C=O) groups is 2. The van der Waals surface area contributed by atoms with Crippen molar-refractivity contribution < 1.29 is 29.3 Å². The van der Waals surface area contributed by atoms with E-state index < -0.39 is 0 Å². The number of carbonyl (C=O) groups excluding carboxylic acids is 2. The second-order valence-corrected chi connectivity index (χ2v) is 13.6. The van der Waals surface area contributed by atoms with Crippen molar-refractivity contribution in [2.24, 2.45) is 0 Å². The molecule has 0 spiro atoms. The number of aromatic nitrogens is 2. The Morgan fingerprint density at radius 1 is 0.792 bits per heavy atom. The van der Waals surface area contributed by atoms with Crippen molar-refractivity contribution in [2.75, 3.05) is 58.1 Å². The van der Waals surface area contributed by atoms with E-state index in [2.05, 4.69) is 55.5 Å². The van der Waals surface area contributed by atoms with E-state index in [0.717, 1.165) is 103 Å². The number of rotatable bonds is 11. The lowest BCUT2D eigenvalue weighted by Gasteiger charge is -2.29. The van der Waals surface area contributed by atoms with Crippen LogP contribution in [0.15, 0.2) is 60.9 Å². The summed E-state index contributed by atoms with van der Waals surface area (Å²) in [6.07, 6.45) is 6.89. The molecule has 4 aromatic rings. The van der Waals surface area contributed by atoms with Gasteiger partial charge in [-0.3, -0.25) is 29.4 Å². The van der Waals surface area contributed by atoms with Crippen molar-refractivity contribution in [1.29, 1.82) is 0 Å². The molecule has 53 heavy (non-hydrogen) atoms. The summed E-state index contributed by atoms with van der Waals surface area (Å²) in [6.45, 7) is 8.94.